The van der Waals surface area contributed by atoms with Gasteiger partial charge >= 0.3 is 5.97 Å². The Morgan fingerprint density at radius 2 is 1.92 bits per heavy atom. The molecule has 2 aromatic rings. The molecule has 0 aromatic heterocycles. The molecular weight excluding hydrogens is 346 g/mol. The second-order valence-corrected chi connectivity index (χ2v) is 5.31. The monoisotopic (exact) mass is 357 g/mol. The number of ketones is 1. The average molecular weight is 358 g/mol. The van der Waals surface area contributed by atoms with Gasteiger partial charge in [0, 0.05) is 17.2 Å². The topological polar surface area (TPSA) is 108 Å². The fourth-order valence-electron chi connectivity index (χ4n) is 1.98. The largest absolute Gasteiger partial charge is 0.502 e. The zero-order valence-corrected chi connectivity index (χ0v) is 13.5. The predicted octanol–water partition coefficient (Wildman–Crippen LogP) is 3.50. The molecule has 0 saturated heterocycles. The van der Waals surface area contributed by atoms with Gasteiger partial charge < -0.3 is 14.9 Å². The first-order valence-electron chi connectivity index (χ1n) is 7.01. The van der Waals surface area contributed by atoms with Crippen molar-refractivity contribution < 1.29 is 24.5 Å². The molecule has 0 heterocycles. The molecule has 0 atom stereocenters. The summed E-state index contributed by atoms with van der Waals surface area (Å²) in [6, 6.07) is 13.0. The smallest absolute Gasteiger partial charge is 0.371 e. The van der Waals surface area contributed by atoms with Crippen LogP contribution in [0, 0.1) is 11.3 Å². The van der Waals surface area contributed by atoms with Crippen LogP contribution in [0.15, 0.2) is 54.3 Å². The highest BCUT2D eigenvalue weighted by Crippen LogP contribution is 2.21. The first kappa shape index (κ1) is 18.0. The van der Waals surface area contributed by atoms with Crippen LogP contribution in [0.3, 0.4) is 0 Å². The number of carbonyl (C=O) groups is 2. The highest BCUT2D eigenvalue weighted by molar-refractivity contribution is 6.31. The highest BCUT2D eigenvalue weighted by Gasteiger charge is 2.11. The summed E-state index contributed by atoms with van der Waals surface area (Å²) in [6.07, 6.45) is 0.617. The van der Waals surface area contributed by atoms with Crippen LogP contribution < -0.4 is 4.74 Å². The van der Waals surface area contributed by atoms with Crippen LogP contribution in [0.25, 0.3) is 0 Å². The second kappa shape index (κ2) is 7.99. The molecule has 0 amide bonds. The number of carbonyl (C=O) groups excluding carboxylic acids is 1. The first-order valence-corrected chi connectivity index (χ1v) is 7.39. The first-order chi connectivity index (χ1) is 11.9. The lowest BCUT2D eigenvalue weighted by molar-refractivity contribution is -0.135. The van der Waals surface area contributed by atoms with Gasteiger partial charge in [-0.1, -0.05) is 35.9 Å². The van der Waals surface area contributed by atoms with E-state index in [0.29, 0.717) is 28.0 Å². The van der Waals surface area contributed by atoms with Gasteiger partial charge in [0.25, 0.3) is 0 Å². The minimum Gasteiger partial charge on any atom is -0.502 e. The average Bonchev–Trinajstić information content (AvgIpc) is 2.60. The third-order valence-corrected chi connectivity index (χ3v) is 3.53. The molecule has 126 valence electrons. The van der Waals surface area contributed by atoms with Crippen molar-refractivity contribution in [2.24, 2.45) is 0 Å². The molecule has 0 aliphatic heterocycles. The van der Waals surface area contributed by atoms with Crippen LogP contribution in [-0.2, 0) is 11.4 Å². The van der Waals surface area contributed by atoms with E-state index in [9.17, 15) is 9.59 Å². The zero-order valence-electron chi connectivity index (χ0n) is 12.8. The standard InChI is InChI=1S/C18H12ClNO5/c19-15-6-2-4-12(14(15)9-20)10-25-13-5-1-3-11(7-13)16(21)8-17(22)18(23)24/h1-8,22H,10H2,(H,23,24)/b17-8-. The van der Waals surface area contributed by atoms with Crippen molar-refractivity contribution in [1.82, 2.24) is 0 Å². The number of benzene rings is 2. The molecule has 0 bridgehead atoms. The number of carboxylic acids is 1. The molecule has 0 fully saturated rings. The summed E-state index contributed by atoms with van der Waals surface area (Å²) >= 11 is 5.95. The maximum atomic E-state index is 11.9. The van der Waals surface area contributed by atoms with E-state index >= 15 is 0 Å². The molecule has 6 nitrogen and oxygen atoms in total. The molecule has 25 heavy (non-hydrogen) atoms. The Balaban J connectivity index is 2.17. The van der Waals surface area contributed by atoms with Crippen LogP contribution >= 0.6 is 11.6 Å². The molecule has 0 saturated carbocycles. The van der Waals surface area contributed by atoms with Crippen LogP contribution in [0.2, 0.25) is 5.02 Å². The number of allylic oxidation sites excluding steroid dienone is 1. The number of hydrogen-bond acceptors (Lipinski definition) is 5. The summed E-state index contributed by atoms with van der Waals surface area (Å²) in [7, 11) is 0. The Hall–Kier alpha value is -3.30. The Morgan fingerprint density at radius 3 is 2.60 bits per heavy atom. The van der Waals surface area contributed by atoms with Crippen LogP contribution in [0.5, 0.6) is 5.75 Å². The number of rotatable bonds is 6. The highest BCUT2D eigenvalue weighted by atomic mass is 35.5. The van der Waals surface area contributed by atoms with Crippen LogP contribution in [-0.4, -0.2) is 22.0 Å². The van der Waals surface area contributed by atoms with Crippen molar-refractivity contribution in [2.75, 3.05) is 0 Å². The summed E-state index contributed by atoms with van der Waals surface area (Å²) < 4.78 is 5.57. The fraction of sp³-hybridized carbons (Fsp3) is 0.0556. The lowest BCUT2D eigenvalue weighted by Gasteiger charge is -2.09. The van der Waals surface area contributed by atoms with E-state index in [2.05, 4.69) is 0 Å². The molecule has 2 N–H and O–H groups in total. The van der Waals surface area contributed by atoms with E-state index in [1.807, 2.05) is 6.07 Å². The van der Waals surface area contributed by atoms with Crippen molar-refractivity contribution in [3.05, 3.63) is 76.0 Å². The number of aliphatic carboxylic acids is 1. The lowest BCUT2D eigenvalue weighted by Crippen LogP contribution is -2.04. The quantitative estimate of drug-likeness (QED) is 0.465. The van der Waals surface area contributed by atoms with Crippen molar-refractivity contribution in [1.29, 1.82) is 5.26 Å². The van der Waals surface area contributed by atoms with E-state index in [4.69, 9.17) is 31.8 Å². The molecule has 2 rings (SSSR count). The summed E-state index contributed by atoms with van der Waals surface area (Å²) in [5, 5.41) is 27.2. The molecular formula is C18H12ClNO5. The minimum absolute atomic E-state index is 0.0668. The van der Waals surface area contributed by atoms with Gasteiger partial charge in [-0.05, 0) is 18.2 Å². The number of aliphatic hydroxyl groups is 1. The SMILES string of the molecule is N#Cc1c(Cl)cccc1COc1cccc(C(=O)/C=C(\O)C(=O)O)c1. The Kier molecular flexibility index (Phi) is 5.77. The van der Waals surface area contributed by atoms with Crippen LogP contribution in [0.1, 0.15) is 21.5 Å². The maximum Gasteiger partial charge on any atom is 0.371 e. The maximum absolute atomic E-state index is 11.9. The van der Waals surface area contributed by atoms with Gasteiger partial charge in [-0.25, -0.2) is 4.79 Å². The Labute approximate surface area is 148 Å². The van der Waals surface area contributed by atoms with E-state index in [1.54, 1.807) is 30.3 Å². The van der Waals surface area contributed by atoms with E-state index in [-0.39, 0.29) is 12.2 Å². The van der Waals surface area contributed by atoms with Crippen molar-refractivity contribution in [3.8, 4) is 11.8 Å². The molecule has 2 aromatic carbocycles. The van der Waals surface area contributed by atoms with Gasteiger partial charge in [-0.15, -0.1) is 0 Å². The number of nitriles is 1. The van der Waals surface area contributed by atoms with Crippen molar-refractivity contribution in [2.45, 2.75) is 6.61 Å². The number of hydrogen-bond donors (Lipinski definition) is 2. The lowest BCUT2D eigenvalue weighted by atomic mass is 10.1. The Bertz CT molecular complexity index is 899. The van der Waals surface area contributed by atoms with Crippen molar-refractivity contribution >= 4 is 23.4 Å². The number of halogens is 1. The van der Waals surface area contributed by atoms with Gasteiger partial charge in [0.15, 0.2) is 5.78 Å². The molecule has 0 aliphatic rings. The van der Waals surface area contributed by atoms with Gasteiger partial charge in [0.05, 0.1) is 10.6 Å². The summed E-state index contributed by atoms with van der Waals surface area (Å²) in [4.78, 5) is 22.5. The summed E-state index contributed by atoms with van der Waals surface area (Å²) in [5.41, 5.74) is 1.05. The predicted molar refractivity (Wildman–Crippen MR) is 89.6 cm³/mol. The third kappa shape index (κ3) is 4.59. The minimum atomic E-state index is -1.59. The van der Waals surface area contributed by atoms with Gasteiger partial charge in [-0.2, -0.15) is 5.26 Å². The van der Waals surface area contributed by atoms with Crippen molar-refractivity contribution in [3.63, 3.8) is 0 Å². The number of nitrogens with zero attached hydrogens (tertiary/aromatic N) is 1. The molecule has 0 unspecified atom stereocenters. The van der Waals surface area contributed by atoms with Gasteiger partial charge in [0.2, 0.25) is 5.76 Å². The zero-order chi connectivity index (χ0) is 18.4. The molecule has 0 radical (unpaired) electrons. The van der Waals surface area contributed by atoms with E-state index < -0.39 is 17.5 Å². The molecule has 0 spiro atoms. The number of carboxylic acid groups (broad SMARTS) is 1. The fourth-order valence-corrected chi connectivity index (χ4v) is 2.22. The van der Waals surface area contributed by atoms with Crippen LogP contribution in [0.4, 0.5) is 0 Å². The van der Waals surface area contributed by atoms with Gasteiger partial charge in [0.1, 0.15) is 18.4 Å². The van der Waals surface area contributed by atoms with E-state index in [0.717, 1.165) is 0 Å². The normalized spacial score (nSPS) is 10.8. The van der Waals surface area contributed by atoms with Gasteiger partial charge in [-0.3, -0.25) is 4.79 Å². The van der Waals surface area contributed by atoms with E-state index in [1.165, 1.54) is 12.1 Å². The summed E-state index contributed by atoms with van der Waals surface area (Å²) in [5.74, 6) is -2.97. The number of aliphatic hydroxyl groups excluding tert-OH is 1. The number of ether oxygens (including phenoxy) is 1. The Morgan fingerprint density at radius 1 is 1.20 bits per heavy atom. The molecule has 0 aliphatic carbocycles. The molecule has 7 heteroatoms. The third-order valence-electron chi connectivity index (χ3n) is 3.21. The summed E-state index contributed by atoms with van der Waals surface area (Å²) in [6.45, 7) is 0.0668. The second-order valence-electron chi connectivity index (χ2n) is 4.90.